The molecule has 2 aliphatic heterocycles. The highest BCUT2D eigenvalue weighted by Crippen LogP contribution is 2.61. The van der Waals surface area contributed by atoms with Gasteiger partial charge in [-0.05, 0) is 68.5 Å². The van der Waals surface area contributed by atoms with Crippen LogP contribution in [0.3, 0.4) is 0 Å². The topological polar surface area (TPSA) is 108 Å². The van der Waals surface area contributed by atoms with E-state index in [1.807, 2.05) is 0 Å². The van der Waals surface area contributed by atoms with Crippen molar-refractivity contribution in [3.05, 3.63) is 107 Å². The summed E-state index contributed by atoms with van der Waals surface area (Å²) in [4.78, 5) is 55.3. The molecule has 57 heavy (non-hydrogen) atoms. The summed E-state index contributed by atoms with van der Waals surface area (Å²) in [5.41, 5.74) is -8.41. The summed E-state index contributed by atoms with van der Waals surface area (Å²) in [6.45, 7) is 2.37. The van der Waals surface area contributed by atoms with E-state index in [-0.39, 0.29) is 25.5 Å². The molecule has 4 atom stereocenters. The Hall–Kier alpha value is -4.97. The van der Waals surface area contributed by atoms with Crippen molar-refractivity contribution >= 4 is 23.9 Å². The molecule has 0 saturated carbocycles. The maximum absolute atomic E-state index is 14.3. The third-order valence-electron chi connectivity index (χ3n) is 9.70. The lowest BCUT2D eigenvalue weighted by Crippen LogP contribution is -2.58. The fourth-order valence-corrected chi connectivity index (χ4v) is 7.45. The maximum atomic E-state index is 14.3. The third kappa shape index (κ3) is 9.27. The van der Waals surface area contributed by atoms with Crippen LogP contribution in [0.4, 0.5) is 39.5 Å². The molecule has 2 fully saturated rings. The number of ether oxygens (including phenoxy) is 4. The van der Waals surface area contributed by atoms with Crippen LogP contribution in [0.1, 0.15) is 67.9 Å². The van der Waals surface area contributed by atoms with Crippen LogP contribution in [0.5, 0.6) is 0 Å². The molecule has 2 heterocycles. The van der Waals surface area contributed by atoms with Crippen LogP contribution >= 0.6 is 0 Å². The van der Waals surface area contributed by atoms with Crippen molar-refractivity contribution in [1.82, 2.24) is 4.90 Å². The van der Waals surface area contributed by atoms with E-state index in [9.17, 15) is 58.7 Å². The molecule has 3 aromatic carbocycles. The minimum Gasteiger partial charge on any atom is -0.459 e. The zero-order valence-electron chi connectivity index (χ0n) is 30.5. The SMILES string of the molecule is CC(C)(C)OC(=O)C1(C(=O)OC(=O)C(F)(F)F)CC2(c3ccccc3)C(OCC(=O)OCc3cc(C(F)(F)F)cc(C(F)(F)F)c3)CCC1N2Cc1ccccc1. The number of hydrogen-bond acceptors (Lipinski definition) is 9. The van der Waals surface area contributed by atoms with Crippen molar-refractivity contribution in [3.63, 3.8) is 0 Å². The quantitative estimate of drug-likeness (QED) is 0.0869. The monoisotopic (exact) mass is 817 g/mol. The predicted octanol–water partition coefficient (Wildman–Crippen LogP) is 8.08. The largest absolute Gasteiger partial charge is 0.491 e. The van der Waals surface area contributed by atoms with E-state index >= 15 is 0 Å². The second-order valence-electron chi connectivity index (χ2n) is 14.7. The molecule has 5 rings (SSSR count). The van der Waals surface area contributed by atoms with Gasteiger partial charge in [0.05, 0.1) is 22.8 Å². The van der Waals surface area contributed by atoms with E-state index < -0.39 is 107 Å². The van der Waals surface area contributed by atoms with Gasteiger partial charge < -0.3 is 18.9 Å². The van der Waals surface area contributed by atoms with E-state index in [1.165, 1.54) is 20.8 Å². The molecule has 3 aromatic rings. The lowest BCUT2D eigenvalue weighted by molar-refractivity contribution is -0.208. The molecule has 2 bridgehead atoms. The van der Waals surface area contributed by atoms with Crippen LogP contribution in [0.25, 0.3) is 0 Å². The van der Waals surface area contributed by atoms with Crippen LogP contribution in [-0.2, 0) is 69.2 Å². The van der Waals surface area contributed by atoms with E-state index in [4.69, 9.17) is 14.2 Å². The first-order valence-corrected chi connectivity index (χ1v) is 17.4. The van der Waals surface area contributed by atoms with Crippen LogP contribution < -0.4 is 0 Å². The van der Waals surface area contributed by atoms with E-state index in [2.05, 4.69) is 4.74 Å². The van der Waals surface area contributed by atoms with Gasteiger partial charge in [-0.2, -0.15) is 39.5 Å². The molecule has 0 N–H and O–H groups in total. The van der Waals surface area contributed by atoms with Gasteiger partial charge in [-0.1, -0.05) is 60.7 Å². The molecule has 0 aliphatic carbocycles. The average molecular weight is 818 g/mol. The summed E-state index contributed by atoms with van der Waals surface area (Å²) >= 11 is 0. The van der Waals surface area contributed by atoms with E-state index in [0.29, 0.717) is 23.3 Å². The molecule has 0 spiro atoms. The Morgan fingerprint density at radius 1 is 0.737 bits per heavy atom. The number of hydrogen-bond donors (Lipinski definition) is 0. The Labute approximate surface area is 320 Å². The Bertz CT molecular complexity index is 1930. The van der Waals surface area contributed by atoms with Crippen molar-refractivity contribution < 1.29 is 77.6 Å². The van der Waals surface area contributed by atoms with Crippen molar-refractivity contribution in [2.75, 3.05) is 6.61 Å². The zero-order chi connectivity index (χ0) is 42.2. The van der Waals surface area contributed by atoms with Crippen molar-refractivity contribution in [2.45, 2.75) is 95.0 Å². The van der Waals surface area contributed by atoms with Gasteiger partial charge in [-0.25, -0.2) is 9.59 Å². The molecular weight excluding hydrogens is 781 g/mol. The zero-order valence-corrected chi connectivity index (χ0v) is 30.5. The van der Waals surface area contributed by atoms with Gasteiger partial charge in [-0.3, -0.25) is 14.5 Å². The Kier molecular flexibility index (Phi) is 11.9. The maximum Gasteiger partial charge on any atom is 0.491 e. The average Bonchev–Trinajstić information content (AvgIpc) is 3.30. The van der Waals surface area contributed by atoms with Crippen molar-refractivity contribution in [3.8, 4) is 0 Å². The van der Waals surface area contributed by atoms with Crippen LogP contribution in [0, 0.1) is 5.41 Å². The number of carbonyl (C=O) groups excluding carboxylic acids is 4. The lowest BCUT2D eigenvalue weighted by atomic mass is 9.74. The van der Waals surface area contributed by atoms with Crippen LogP contribution in [0.2, 0.25) is 0 Å². The standard InChI is InChI=1S/C39H36F9NO8/c1-34(2,3)57-32(52)35(31(51)56-33(53)39(46,47)48)22-36(25-12-8-5-9-13-25)29(15-14-28(35)49(36)19-23-10-6-4-7-11-23)54-21-30(50)55-20-24-16-26(37(40,41)42)18-27(17-24)38(43,44)45/h4-13,16-18,28-29H,14-15,19-22H2,1-3H3. The van der Waals surface area contributed by atoms with Gasteiger partial charge in [0.2, 0.25) is 0 Å². The van der Waals surface area contributed by atoms with Crippen LogP contribution in [-0.4, -0.2) is 59.3 Å². The molecule has 0 radical (unpaired) electrons. The number of carbonyl (C=O) groups is 4. The van der Waals surface area contributed by atoms with Gasteiger partial charge in [0.1, 0.15) is 18.8 Å². The van der Waals surface area contributed by atoms with Gasteiger partial charge in [0.15, 0.2) is 5.41 Å². The lowest BCUT2D eigenvalue weighted by Gasteiger charge is -2.50. The second-order valence-corrected chi connectivity index (χ2v) is 14.7. The summed E-state index contributed by atoms with van der Waals surface area (Å²) in [5, 5.41) is 0. The first-order chi connectivity index (χ1) is 26.4. The summed E-state index contributed by atoms with van der Waals surface area (Å²) in [5.74, 6) is -7.18. The Morgan fingerprint density at radius 2 is 1.30 bits per heavy atom. The number of nitrogens with zero attached hydrogens (tertiary/aromatic N) is 1. The normalized spacial score (nSPS) is 22.8. The predicted molar refractivity (Wildman–Crippen MR) is 179 cm³/mol. The highest BCUT2D eigenvalue weighted by Gasteiger charge is 2.73. The molecule has 0 aromatic heterocycles. The second kappa shape index (κ2) is 15.8. The molecule has 2 saturated heterocycles. The van der Waals surface area contributed by atoms with E-state index in [1.54, 1.807) is 65.6 Å². The van der Waals surface area contributed by atoms with E-state index in [0.717, 1.165) is 0 Å². The summed E-state index contributed by atoms with van der Waals surface area (Å²) in [7, 11) is 0. The van der Waals surface area contributed by atoms with Crippen molar-refractivity contribution in [1.29, 1.82) is 0 Å². The molecule has 18 heteroatoms. The summed E-state index contributed by atoms with van der Waals surface area (Å²) < 4.78 is 142. The fourth-order valence-electron chi connectivity index (χ4n) is 7.45. The molecule has 4 unspecified atom stereocenters. The molecule has 0 amide bonds. The third-order valence-corrected chi connectivity index (χ3v) is 9.70. The highest BCUT2D eigenvalue weighted by atomic mass is 19.4. The molecule has 9 nitrogen and oxygen atoms in total. The van der Waals surface area contributed by atoms with Crippen molar-refractivity contribution in [2.24, 2.45) is 5.41 Å². The number of halogens is 9. The summed E-state index contributed by atoms with van der Waals surface area (Å²) in [6.07, 6.45) is -18.0. The summed E-state index contributed by atoms with van der Waals surface area (Å²) in [6, 6.07) is 16.0. The number of esters is 4. The first-order valence-electron chi connectivity index (χ1n) is 17.4. The molecule has 2 aliphatic rings. The highest BCUT2D eigenvalue weighted by molar-refractivity contribution is 6.05. The number of rotatable bonds is 10. The minimum absolute atomic E-state index is 0.0627. The Balaban J connectivity index is 1.55. The number of benzene rings is 3. The Morgan fingerprint density at radius 3 is 1.82 bits per heavy atom. The first kappa shape index (κ1) is 43.2. The van der Waals surface area contributed by atoms with Crippen LogP contribution in [0.15, 0.2) is 78.9 Å². The minimum atomic E-state index is -5.62. The van der Waals surface area contributed by atoms with Gasteiger partial charge in [-0.15, -0.1) is 0 Å². The molecule has 308 valence electrons. The number of piperidine rings is 1. The number of fused-ring (bicyclic) bond motifs is 2. The van der Waals surface area contributed by atoms with Gasteiger partial charge in [0.25, 0.3) is 0 Å². The molecular formula is C39H36F9NO8. The van der Waals surface area contributed by atoms with Gasteiger partial charge >= 0.3 is 42.4 Å². The van der Waals surface area contributed by atoms with Gasteiger partial charge in [0, 0.05) is 19.0 Å². The smallest absolute Gasteiger partial charge is 0.459 e. The fraction of sp³-hybridized carbons (Fsp3) is 0.436. The number of alkyl halides is 9.